The van der Waals surface area contributed by atoms with E-state index in [1.165, 1.54) is 58.5 Å². The first-order valence-electron chi connectivity index (χ1n) is 10.3. The van der Waals surface area contributed by atoms with Crippen molar-refractivity contribution in [2.45, 2.75) is 65.2 Å². The van der Waals surface area contributed by atoms with Crippen LogP contribution in [0, 0.1) is 0 Å². The number of hydrogen-bond acceptors (Lipinski definition) is 1. The fourth-order valence-electron chi connectivity index (χ4n) is 2.57. The van der Waals surface area contributed by atoms with Gasteiger partial charge in [-0.05, 0) is 12.8 Å². The molecule has 2 aromatic rings. The van der Waals surface area contributed by atoms with E-state index < -0.39 is 21.1 Å². The minimum atomic E-state index is -0.517. The summed E-state index contributed by atoms with van der Waals surface area (Å²) in [6, 6.07) is 21.6. The van der Waals surface area contributed by atoms with Gasteiger partial charge in [-0.15, -0.1) is 0 Å². The van der Waals surface area contributed by atoms with Crippen LogP contribution in [0.2, 0.25) is 0 Å². The number of ether oxygens (including phenoxy) is 1. The monoisotopic (exact) mass is 460 g/mol. The molecule has 0 spiro atoms. The number of hydrogen-bond donors (Lipinski definition) is 0. The van der Waals surface area contributed by atoms with Crippen molar-refractivity contribution in [1.82, 2.24) is 0 Å². The maximum absolute atomic E-state index is 5.53. The van der Waals surface area contributed by atoms with Gasteiger partial charge >= 0.3 is 89.0 Å². The second-order valence-electron chi connectivity index (χ2n) is 6.59. The van der Waals surface area contributed by atoms with E-state index in [-0.39, 0.29) is 0 Å². The van der Waals surface area contributed by atoms with Gasteiger partial charge in [0, 0.05) is 13.2 Å². The summed E-state index contributed by atoms with van der Waals surface area (Å²) in [7, 11) is 0. The average molecular weight is 459 g/mol. The summed E-state index contributed by atoms with van der Waals surface area (Å²) in [6.07, 6.45) is 10.5. The zero-order valence-corrected chi connectivity index (χ0v) is 19.6. The molecule has 2 heteroatoms. The second kappa shape index (κ2) is 17.6. The second-order valence-corrected chi connectivity index (χ2v) is 10.6. The molecule has 0 atom stereocenters. The predicted molar refractivity (Wildman–Crippen MR) is 117 cm³/mol. The van der Waals surface area contributed by atoms with Crippen LogP contribution in [0.5, 0.6) is 0 Å². The summed E-state index contributed by atoms with van der Waals surface area (Å²) in [6.45, 7) is 6.44. The molecule has 0 heterocycles. The molecule has 0 N–H and O–H groups in total. The Hall–Kier alpha value is -0.801. The molecule has 142 valence electrons. The molecule has 2 aromatic carbocycles. The van der Waals surface area contributed by atoms with Crippen molar-refractivity contribution < 1.29 is 4.74 Å². The van der Waals surface area contributed by atoms with Gasteiger partial charge in [-0.25, -0.2) is 0 Å². The molecule has 26 heavy (non-hydrogen) atoms. The van der Waals surface area contributed by atoms with Crippen LogP contribution in [0.15, 0.2) is 60.7 Å². The Balaban J connectivity index is 0.000000260. The molecular weight excluding hydrogens is 423 g/mol. The molecule has 0 aliphatic heterocycles. The van der Waals surface area contributed by atoms with Crippen molar-refractivity contribution in [3.8, 4) is 0 Å². The fourth-order valence-corrected chi connectivity index (χ4v) is 5.57. The first kappa shape index (κ1) is 23.2. The van der Waals surface area contributed by atoms with Gasteiger partial charge in [0.2, 0.25) is 0 Å². The van der Waals surface area contributed by atoms with Crippen LogP contribution in [-0.2, 0) is 4.74 Å². The summed E-state index contributed by atoms with van der Waals surface area (Å²) in [5.41, 5.74) is 0. The van der Waals surface area contributed by atoms with Crippen LogP contribution in [0.1, 0.15) is 65.2 Å². The molecule has 0 saturated heterocycles. The van der Waals surface area contributed by atoms with Crippen LogP contribution in [0.4, 0.5) is 0 Å². The minimum absolute atomic E-state index is 0.517. The third-order valence-corrected chi connectivity index (χ3v) is 7.67. The van der Waals surface area contributed by atoms with Crippen LogP contribution in [-0.4, -0.2) is 34.4 Å². The Morgan fingerprint density at radius 3 is 1.38 bits per heavy atom. The Morgan fingerprint density at radius 1 is 0.577 bits per heavy atom. The Morgan fingerprint density at radius 2 is 1.00 bits per heavy atom. The van der Waals surface area contributed by atoms with E-state index in [0.29, 0.717) is 0 Å². The van der Waals surface area contributed by atoms with Crippen molar-refractivity contribution >= 4 is 28.3 Å². The Bertz CT molecular complexity index is 465. The first-order chi connectivity index (χ1) is 12.9. The zero-order chi connectivity index (χ0) is 18.7. The van der Waals surface area contributed by atoms with E-state index in [9.17, 15) is 0 Å². The average Bonchev–Trinajstić information content (AvgIpc) is 2.69. The molecular formula is C24H36OSn. The van der Waals surface area contributed by atoms with Crippen LogP contribution >= 0.6 is 0 Å². The van der Waals surface area contributed by atoms with Gasteiger partial charge in [-0.3, -0.25) is 0 Å². The fraction of sp³-hybridized carbons (Fsp3) is 0.500. The summed E-state index contributed by atoms with van der Waals surface area (Å²) >= 11 is -0.517. The molecule has 0 aromatic heterocycles. The topological polar surface area (TPSA) is 9.23 Å². The standard InChI is InChI=1S/C12H26O.2C6H5.Sn/c1-3-5-7-9-11-13-12-10-8-6-4-2;2*1-2-4-6-5-3-1;/h3-12H2,1-2H3;2*1-5H;. The van der Waals surface area contributed by atoms with Gasteiger partial charge in [0.1, 0.15) is 0 Å². The molecule has 0 saturated carbocycles. The molecule has 0 fully saturated rings. The van der Waals surface area contributed by atoms with Gasteiger partial charge < -0.3 is 4.74 Å². The Labute approximate surface area is 171 Å². The quantitative estimate of drug-likeness (QED) is 0.301. The maximum atomic E-state index is 5.53. The van der Waals surface area contributed by atoms with Gasteiger partial charge in [-0.1, -0.05) is 52.4 Å². The number of benzene rings is 2. The molecule has 2 radical (unpaired) electrons. The van der Waals surface area contributed by atoms with E-state index in [1.54, 1.807) is 0 Å². The first-order valence-corrected chi connectivity index (χ1v) is 13.2. The molecule has 0 bridgehead atoms. The van der Waals surface area contributed by atoms with Crippen molar-refractivity contribution in [3.05, 3.63) is 60.7 Å². The number of unbranched alkanes of at least 4 members (excludes halogenated alkanes) is 6. The summed E-state index contributed by atoms with van der Waals surface area (Å²) < 4.78 is 8.61. The van der Waals surface area contributed by atoms with Gasteiger partial charge in [0.25, 0.3) is 0 Å². The molecule has 2 rings (SSSR count). The van der Waals surface area contributed by atoms with Crippen molar-refractivity contribution in [2.75, 3.05) is 13.2 Å². The SMILES string of the molecule is CCCCCCOCCCCCC.c1cc[c]([Sn][c]2ccccc2)cc1. The van der Waals surface area contributed by atoms with E-state index >= 15 is 0 Å². The van der Waals surface area contributed by atoms with Gasteiger partial charge in [-0.2, -0.15) is 0 Å². The molecule has 0 unspecified atom stereocenters. The molecule has 0 aliphatic rings. The van der Waals surface area contributed by atoms with E-state index in [1.807, 2.05) is 0 Å². The van der Waals surface area contributed by atoms with Gasteiger partial charge in [0.05, 0.1) is 0 Å². The summed E-state index contributed by atoms with van der Waals surface area (Å²) in [5.74, 6) is 0. The number of rotatable bonds is 12. The van der Waals surface area contributed by atoms with Crippen molar-refractivity contribution in [3.63, 3.8) is 0 Å². The van der Waals surface area contributed by atoms with Crippen LogP contribution in [0.3, 0.4) is 0 Å². The van der Waals surface area contributed by atoms with Crippen LogP contribution < -0.4 is 7.16 Å². The van der Waals surface area contributed by atoms with Crippen molar-refractivity contribution in [2.24, 2.45) is 0 Å². The third kappa shape index (κ3) is 13.4. The molecule has 1 nitrogen and oxygen atoms in total. The van der Waals surface area contributed by atoms with Crippen LogP contribution in [0.25, 0.3) is 0 Å². The molecule has 0 amide bonds. The predicted octanol–water partition coefficient (Wildman–Crippen LogP) is 5.51. The molecule has 0 aliphatic carbocycles. The van der Waals surface area contributed by atoms with Crippen molar-refractivity contribution in [1.29, 1.82) is 0 Å². The normalized spacial score (nSPS) is 10.2. The zero-order valence-electron chi connectivity index (χ0n) is 16.8. The van der Waals surface area contributed by atoms with Gasteiger partial charge in [0.15, 0.2) is 0 Å². The van der Waals surface area contributed by atoms with E-state index in [0.717, 1.165) is 13.2 Å². The van der Waals surface area contributed by atoms with E-state index in [2.05, 4.69) is 74.5 Å². The summed E-state index contributed by atoms with van der Waals surface area (Å²) in [4.78, 5) is 0. The van der Waals surface area contributed by atoms with E-state index in [4.69, 9.17) is 4.74 Å². The third-order valence-electron chi connectivity index (χ3n) is 4.12. The summed E-state index contributed by atoms with van der Waals surface area (Å²) in [5, 5.41) is 0. The Kier molecular flexibility index (Phi) is 15.7.